The molecule has 0 bridgehead atoms. The van der Waals surface area contributed by atoms with Gasteiger partial charge in [-0.25, -0.2) is 0 Å². The number of carbonyl (C=O) groups excluding carboxylic acids is 1. The van der Waals surface area contributed by atoms with Crippen molar-refractivity contribution in [3.8, 4) is 0 Å². The molecule has 0 aromatic carbocycles. The molecule has 0 radical (unpaired) electrons. The molecule has 2 N–H and O–H groups in total. The third-order valence-corrected chi connectivity index (χ3v) is 4.10. The summed E-state index contributed by atoms with van der Waals surface area (Å²) in [4.78, 5) is 14.5. The van der Waals surface area contributed by atoms with Crippen molar-refractivity contribution in [1.29, 1.82) is 0 Å². The first-order valence-corrected chi connectivity index (χ1v) is 7.48. The topological polar surface area (TPSA) is 44.4 Å². The maximum Gasteiger partial charge on any atom is 0.237 e. The van der Waals surface area contributed by atoms with Crippen LogP contribution in [-0.2, 0) is 4.79 Å². The fourth-order valence-corrected chi connectivity index (χ4v) is 2.83. The van der Waals surface area contributed by atoms with Crippen molar-refractivity contribution < 1.29 is 4.79 Å². The highest BCUT2D eigenvalue weighted by Gasteiger charge is 2.28. The zero-order valence-corrected chi connectivity index (χ0v) is 11.7. The second-order valence-corrected chi connectivity index (χ2v) is 5.70. The molecule has 1 aliphatic heterocycles. The van der Waals surface area contributed by atoms with Crippen LogP contribution in [0.5, 0.6) is 0 Å². The molecule has 2 aliphatic rings. The number of piperidine rings is 1. The van der Waals surface area contributed by atoms with Crippen molar-refractivity contribution in [3.05, 3.63) is 0 Å². The van der Waals surface area contributed by atoms with Crippen LogP contribution in [-0.4, -0.2) is 48.6 Å². The summed E-state index contributed by atoms with van der Waals surface area (Å²) in [5.74, 6) is 0.188. The number of likely N-dealkylation sites (N-methyl/N-ethyl adjacent to an activating group) is 1. The van der Waals surface area contributed by atoms with Crippen molar-refractivity contribution >= 4 is 5.91 Å². The average Bonchev–Trinajstić information content (AvgIpc) is 3.18. The number of hydrogen-bond acceptors (Lipinski definition) is 3. The number of rotatable bonds is 6. The molecule has 2 fully saturated rings. The van der Waals surface area contributed by atoms with Gasteiger partial charge < -0.3 is 10.6 Å². The van der Waals surface area contributed by atoms with Gasteiger partial charge in [0.05, 0.1) is 6.04 Å². The molecule has 1 heterocycles. The molecule has 2 rings (SSSR count). The highest BCUT2D eigenvalue weighted by atomic mass is 16.2. The van der Waals surface area contributed by atoms with Gasteiger partial charge in [0.15, 0.2) is 0 Å². The van der Waals surface area contributed by atoms with Crippen LogP contribution >= 0.6 is 0 Å². The van der Waals surface area contributed by atoms with Gasteiger partial charge in [0.2, 0.25) is 5.91 Å². The molecule has 1 saturated heterocycles. The summed E-state index contributed by atoms with van der Waals surface area (Å²) >= 11 is 0. The lowest BCUT2D eigenvalue weighted by atomic mass is 9.99. The molecular weight excluding hydrogens is 226 g/mol. The molecule has 0 aromatic rings. The van der Waals surface area contributed by atoms with E-state index in [1.807, 2.05) is 0 Å². The minimum absolute atomic E-state index is 0.0322. The van der Waals surface area contributed by atoms with Gasteiger partial charge in [0.1, 0.15) is 0 Å². The van der Waals surface area contributed by atoms with E-state index in [1.54, 1.807) is 0 Å². The Kier molecular flexibility index (Phi) is 5.01. The summed E-state index contributed by atoms with van der Waals surface area (Å²) in [6.45, 7) is 7.24. The maximum atomic E-state index is 12.0. The Morgan fingerprint density at radius 3 is 2.72 bits per heavy atom. The van der Waals surface area contributed by atoms with Crippen LogP contribution in [0.15, 0.2) is 0 Å². The number of hydrogen-bond donors (Lipinski definition) is 2. The molecule has 4 nitrogen and oxygen atoms in total. The van der Waals surface area contributed by atoms with Gasteiger partial charge >= 0.3 is 0 Å². The average molecular weight is 253 g/mol. The lowest BCUT2D eigenvalue weighted by Gasteiger charge is -2.28. The van der Waals surface area contributed by atoms with Gasteiger partial charge in [0.25, 0.3) is 0 Å². The summed E-state index contributed by atoms with van der Waals surface area (Å²) in [6, 6.07) is 1.30. The fraction of sp³-hybridized carbons (Fsp3) is 0.929. The van der Waals surface area contributed by atoms with E-state index in [0.717, 1.165) is 38.5 Å². The zero-order valence-electron chi connectivity index (χ0n) is 11.7. The standard InChI is InChI=1S/C14H27N3O/c1-3-17(12-7-8-12)10-9-15-14(18)13-6-4-5-11(2)16-13/h11-13,16H,3-10H2,1-2H3,(H,15,18). The Bertz CT molecular complexity index is 278. The van der Waals surface area contributed by atoms with E-state index < -0.39 is 0 Å². The first kappa shape index (κ1) is 13.8. The normalized spacial score (nSPS) is 28.4. The zero-order chi connectivity index (χ0) is 13.0. The Morgan fingerprint density at radius 2 is 2.11 bits per heavy atom. The summed E-state index contributed by atoms with van der Waals surface area (Å²) in [7, 11) is 0. The van der Waals surface area contributed by atoms with E-state index in [9.17, 15) is 4.79 Å². The molecule has 104 valence electrons. The molecule has 1 saturated carbocycles. The number of amides is 1. The first-order chi connectivity index (χ1) is 8.70. The molecule has 1 aliphatic carbocycles. The number of nitrogens with zero attached hydrogens (tertiary/aromatic N) is 1. The molecule has 0 aromatic heterocycles. The van der Waals surface area contributed by atoms with Gasteiger partial charge in [-0.3, -0.25) is 9.69 Å². The van der Waals surface area contributed by atoms with Crippen LogP contribution in [0.2, 0.25) is 0 Å². The number of carbonyl (C=O) groups is 1. The van der Waals surface area contributed by atoms with Crippen molar-refractivity contribution in [2.75, 3.05) is 19.6 Å². The van der Waals surface area contributed by atoms with Crippen molar-refractivity contribution in [2.45, 2.75) is 64.1 Å². The quantitative estimate of drug-likeness (QED) is 0.745. The van der Waals surface area contributed by atoms with Gasteiger partial charge in [-0.05, 0) is 45.6 Å². The van der Waals surface area contributed by atoms with E-state index in [4.69, 9.17) is 0 Å². The Labute approximate surface area is 110 Å². The van der Waals surface area contributed by atoms with E-state index in [0.29, 0.717) is 6.04 Å². The molecule has 0 spiro atoms. The molecule has 2 atom stereocenters. The molecule has 1 amide bonds. The van der Waals surface area contributed by atoms with Gasteiger partial charge in [-0.15, -0.1) is 0 Å². The summed E-state index contributed by atoms with van der Waals surface area (Å²) < 4.78 is 0. The van der Waals surface area contributed by atoms with Crippen LogP contribution in [0.1, 0.15) is 46.0 Å². The second-order valence-electron chi connectivity index (χ2n) is 5.70. The highest BCUT2D eigenvalue weighted by Crippen LogP contribution is 2.25. The third kappa shape index (κ3) is 3.95. The monoisotopic (exact) mass is 253 g/mol. The van der Waals surface area contributed by atoms with Crippen LogP contribution in [0.3, 0.4) is 0 Å². The number of nitrogens with one attached hydrogen (secondary N) is 2. The summed E-state index contributed by atoms with van der Waals surface area (Å²) in [5.41, 5.74) is 0. The summed E-state index contributed by atoms with van der Waals surface area (Å²) in [5, 5.41) is 6.45. The maximum absolute atomic E-state index is 12.0. The molecule has 18 heavy (non-hydrogen) atoms. The Balaban J connectivity index is 1.64. The smallest absolute Gasteiger partial charge is 0.237 e. The van der Waals surface area contributed by atoms with Crippen molar-refractivity contribution in [1.82, 2.24) is 15.5 Å². The van der Waals surface area contributed by atoms with E-state index in [-0.39, 0.29) is 11.9 Å². The molecule has 4 heteroatoms. The summed E-state index contributed by atoms with van der Waals surface area (Å²) in [6.07, 6.45) is 6.01. The van der Waals surface area contributed by atoms with E-state index in [2.05, 4.69) is 29.4 Å². The Hall–Kier alpha value is -0.610. The second kappa shape index (κ2) is 6.53. The van der Waals surface area contributed by atoms with Crippen LogP contribution in [0, 0.1) is 0 Å². The first-order valence-electron chi connectivity index (χ1n) is 7.48. The van der Waals surface area contributed by atoms with E-state index >= 15 is 0 Å². The van der Waals surface area contributed by atoms with Crippen molar-refractivity contribution in [2.24, 2.45) is 0 Å². The molecule has 2 unspecified atom stereocenters. The lowest BCUT2D eigenvalue weighted by Crippen LogP contribution is -2.51. The fourth-order valence-electron chi connectivity index (χ4n) is 2.83. The minimum atomic E-state index is 0.0322. The van der Waals surface area contributed by atoms with Crippen LogP contribution in [0.4, 0.5) is 0 Å². The highest BCUT2D eigenvalue weighted by molar-refractivity contribution is 5.81. The van der Waals surface area contributed by atoms with Gasteiger partial charge in [-0.1, -0.05) is 6.92 Å². The lowest BCUT2D eigenvalue weighted by molar-refractivity contribution is -0.124. The molecular formula is C14H27N3O. The van der Waals surface area contributed by atoms with Crippen molar-refractivity contribution in [3.63, 3.8) is 0 Å². The largest absolute Gasteiger partial charge is 0.353 e. The SMILES string of the molecule is CCN(CCNC(=O)C1CCCC(C)N1)C1CC1. The van der Waals surface area contributed by atoms with Gasteiger partial charge in [-0.2, -0.15) is 0 Å². The Morgan fingerprint density at radius 1 is 1.33 bits per heavy atom. The third-order valence-electron chi connectivity index (χ3n) is 4.10. The predicted octanol–water partition coefficient (Wildman–Crippen LogP) is 1.12. The van der Waals surface area contributed by atoms with Gasteiger partial charge in [0, 0.05) is 25.2 Å². The van der Waals surface area contributed by atoms with Crippen LogP contribution < -0.4 is 10.6 Å². The van der Waals surface area contributed by atoms with Crippen LogP contribution in [0.25, 0.3) is 0 Å². The van der Waals surface area contributed by atoms with E-state index in [1.165, 1.54) is 19.3 Å². The predicted molar refractivity (Wildman–Crippen MR) is 73.5 cm³/mol. The minimum Gasteiger partial charge on any atom is -0.353 e.